The lowest BCUT2D eigenvalue weighted by molar-refractivity contribution is -0.116. The third-order valence-electron chi connectivity index (χ3n) is 1.90. The summed E-state index contributed by atoms with van der Waals surface area (Å²) in [5, 5.41) is 5.64. The van der Waals surface area contributed by atoms with Crippen LogP contribution in [0.15, 0.2) is 24.3 Å². The van der Waals surface area contributed by atoms with Gasteiger partial charge in [0, 0.05) is 11.6 Å². The SMILES string of the molecule is CC(=O)CNC(=O)NCc1ccccc1Cl. The van der Waals surface area contributed by atoms with Crippen molar-refractivity contribution in [1.29, 1.82) is 0 Å². The molecule has 0 aliphatic rings. The lowest BCUT2D eigenvalue weighted by Crippen LogP contribution is -2.37. The van der Waals surface area contributed by atoms with Crippen molar-refractivity contribution in [2.75, 3.05) is 6.54 Å². The summed E-state index contributed by atoms with van der Waals surface area (Å²) in [7, 11) is 0. The molecule has 0 aliphatic heterocycles. The summed E-state index contributed by atoms with van der Waals surface area (Å²) in [6.07, 6.45) is 0. The van der Waals surface area contributed by atoms with Crippen LogP contribution in [-0.4, -0.2) is 18.4 Å². The van der Waals surface area contributed by atoms with Gasteiger partial charge >= 0.3 is 6.03 Å². The van der Waals surface area contributed by atoms with Gasteiger partial charge in [-0.15, -0.1) is 0 Å². The highest BCUT2D eigenvalue weighted by atomic mass is 35.5. The molecule has 86 valence electrons. The van der Waals surface area contributed by atoms with Gasteiger partial charge in [-0.3, -0.25) is 4.79 Å². The van der Waals surface area contributed by atoms with Crippen LogP contribution in [-0.2, 0) is 11.3 Å². The second kappa shape index (κ2) is 6.12. The summed E-state index contributed by atoms with van der Waals surface area (Å²) in [6.45, 7) is 1.78. The van der Waals surface area contributed by atoms with E-state index in [1.807, 2.05) is 18.2 Å². The van der Waals surface area contributed by atoms with Crippen molar-refractivity contribution in [3.63, 3.8) is 0 Å². The Morgan fingerprint density at radius 2 is 1.94 bits per heavy atom. The molecular formula is C11H13ClN2O2. The van der Waals surface area contributed by atoms with Crippen LogP contribution in [0.1, 0.15) is 12.5 Å². The fourth-order valence-electron chi connectivity index (χ4n) is 1.08. The van der Waals surface area contributed by atoms with Gasteiger partial charge in [0.15, 0.2) is 0 Å². The van der Waals surface area contributed by atoms with E-state index in [4.69, 9.17) is 11.6 Å². The van der Waals surface area contributed by atoms with Crippen molar-refractivity contribution in [3.8, 4) is 0 Å². The summed E-state index contributed by atoms with van der Waals surface area (Å²) in [6, 6.07) is 6.87. The molecule has 0 saturated heterocycles. The predicted octanol–water partition coefficient (Wildman–Crippen LogP) is 1.73. The van der Waals surface area contributed by atoms with Gasteiger partial charge in [-0.2, -0.15) is 0 Å². The second-order valence-corrected chi connectivity index (χ2v) is 3.74. The Morgan fingerprint density at radius 3 is 2.56 bits per heavy atom. The zero-order valence-corrected chi connectivity index (χ0v) is 9.67. The summed E-state index contributed by atoms with van der Waals surface area (Å²) in [4.78, 5) is 21.8. The standard InChI is InChI=1S/C11H13ClN2O2/c1-8(15)6-13-11(16)14-7-9-4-2-3-5-10(9)12/h2-5H,6-7H2,1H3,(H2,13,14,16). The van der Waals surface area contributed by atoms with Crippen molar-refractivity contribution in [2.45, 2.75) is 13.5 Å². The normalized spacial score (nSPS) is 9.62. The van der Waals surface area contributed by atoms with Crippen LogP contribution in [0.2, 0.25) is 5.02 Å². The summed E-state index contributed by atoms with van der Waals surface area (Å²) in [5.74, 6) is -0.0899. The fourth-order valence-corrected chi connectivity index (χ4v) is 1.29. The highest BCUT2D eigenvalue weighted by Gasteiger charge is 2.03. The number of ketones is 1. The van der Waals surface area contributed by atoms with Crippen molar-refractivity contribution < 1.29 is 9.59 Å². The van der Waals surface area contributed by atoms with E-state index in [0.29, 0.717) is 11.6 Å². The first-order chi connectivity index (χ1) is 7.59. The molecular weight excluding hydrogens is 228 g/mol. The van der Waals surface area contributed by atoms with Gasteiger partial charge in [0.25, 0.3) is 0 Å². The Labute approximate surface area is 99.0 Å². The molecule has 1 rings (SSSR count). The third kappa shape index (κ3) is 4.31. The molecule has 0 aromatic heterocycles. The summed E-state index contributed by atoms with van der Waals surface area (Å²) in [5.41, 5.74) is 0.835. The number of rotatable bonds is 4. The Morgan fingerprint density at radius 1 is 1.25 bits per heavy atom. The zero-order chi connectivity index (χ0) is 12.0. The van der Waals surface area contributed by atoms with Gasteiger partial charge < -0.3 is 10.6 Å². The van der Waals surface area contributed by atoms with Crippen molar-refractivity contribution >= 4 is 23.4 Å². The first kappa shape index (κ1) is 12.5. The molecule has 0 radical (unpaired) electrons. The third-order valence-corrected chi connectivity index (χ3v) is 2.26. The molecule has 1 aromatic rings. The Balaban J connectivity index is 2.37. The number of nitrogens with one attached hydrogen (secondary N) is 2. The molecule has 5 heteroatoms. The van der Waals surface area contributed by atoms with Gasteiger partial charge in [-0.1, -0.05) is 29.8 Å². The molecule has 0 atom stereocenters. The van der Waals surface area contributed by atoms with Gasteiger partial charge in [0.1, 0.15) is 5.78 Å². The van der Waals surface area contributed by atoms with Crippen molar-refractivity contribution in [2.24, 2.45) is 0 Å². The number of Topliss-reactive ketones (excluding diaryl/α,β-unsaturated/α-hetero) is 1. The average molecular weight is 241 g/mol. The van der Waals surface area contributed by atoms with E-state index in [1.165, 1.54) is 6.92 Å². The molecule has 0 saturated carbocycles. The molecule has 1 aromatic carbocycles. The number of benzene rings is 1. The summed E-state index contributed by atoms with van der Waals surface area (Å²) >= 11 is 5.91. The van der Waals surface area contributed by atoms with Crippen LogP contribution >= 0.6 is 11.6 Å². The zero-order valence-electron chi connectivity index (χ0n) is 8.92. The lowest BCUT2D eigenvalue weighted by atomic mass is 10.2. The number of carbonyl (C=O) groups is 2. The highest BCUT2D eigenvalue weighted by molar-refractivity contribution is 6.31. The number of halogens is 1. The smallest absolute Gasteiger partial charge is 0.315 e. The highest BCUT2D eigenvalue weighted by Crippen LogP contribution is 2.13. The Hall–Kier alpha value is -1.55. The van der Waals surface area contributed by atoms with Crippen LogP contribution < -0.4 is 10.6 Å². The molecule has 0 aliphatic carbocycles. The molecule has 2 N–H and O–H groups in total. The van der Waals surface area contributed by atoms with Crippen LogP contribution in [0.25, 0.3) is 0 Å². The molecule has 0 bridgehead atoms. The molecule has 0 unspecified atom stereocenters. The lowest BCUT2D eigenvalue weighted by Gasteiger charge is -2.07. The maximum absolute atomic E-state index is 11.2. The quantitative estimate of drug-likeness (QED) is 0.842. The van der Waals surface area contributed by atoms with E-state index >= 15 is 0 Å². The number of amides is 2. The molecule has 4 nitrogen and oxygen atoms in total. The molecule has 2 amide bonds. The van der Waals surface area contributed by atoms with Crippen LogP contribution in [0.5, 0.6) is 0 Å². The minimum Gasteiger partial charge on any atom is -0.334 e. The molecule has 16 heavy (non-hydrogen) atoms. The molecule has 0 spiro atoms. The van der Waals surface area contributed by atoms with E-state index in [9.17, 15) is 9.59 Å². The van der Waals surface area contributed by atoms with Gasteiger partial charge in [-0.05, 0) is 18.6 Å². The number of carbonyl (C=O) groups excluding carboxylic acids is 2. The maximum Gasteiger partial charge on any atom is 0.315 e. The van der Waals surface area contributed by atoms with E-state index in [0.717, 1.165) is 5.56 Å². The van der Waals surface area contributed by atoms with Gasteiger partial charge in [0.05, 0.1) is 6.54 Å². The minimum absolute atomic E-state index is 0.0361. The monoisotopic (exact) mass is 240 g/mol. The number of urea groups is 1. The van der Waals surface area contributed by atoms with Gasteiger partial charge in [-0.25, -0.2) is 4.79 Å². The first-order valence-corrected chi connectivity index (χ1v) is 5.22. The van der Waals surface area contributed by atoms with E-state index in [-0.39, 0.29) is 18.4 Å². The van der Waals surface area contributed by atoms with Crippen molar-refractivity contribution in [1.82, 2.24) is 10.6 Å². The predicted molar refractivity (Wildman–Crippen MR) is 62.4 cm³/mol. The Bertz CT molecular complexity index is 393. The van der Waals surface area contributed by atoms with E-state index in [2.05, 4.69) is 10.6 Å². The second-order valence-electron chi connectivity index (χ2n) is 3.33. The van der Waals surface area contributed by atoms with E-state index in [1.54, 1.807) is 6.07 Å². The topological polar surface area (TPSA) is 58.2 Å². The summed E-state index contributed by atoms with van der Waals surface area (Å²) < 4.78 is 0. The number of hydrogen-bond acceptors (Lipinski definition) is 2. The van der Waals surface area contributed by atoms with Gasteiger partial charge in [0.2, 0.25) is 0 Å². The average Bonchev–Trinajstić information content (AvgIpc) is 2.25. The van der Waals surface area contributed by atoms with Crippen LogP contribution in [0, 0.1) is 0 Å². The number of hydrogen-bond donors (Lipinski definition) is 2. The maximum atomic E-state index is 11.2. The fraction of sp³-hybridized carbons (Fsp3) is 0.273. The Kier molecular flexibility index (Phi) is 4.79. The van der Waals surface area contributed by atoms with Crippen molar-refractivity contribution in [3.05, 3.63) is 34.9 Å². The largest absolute Gasteiger partial charge is 0.334 e. The van der Waals surface area contributed by atoms with Crippen LogP contribution in [0.3, 0.4) is 0 Å². The van der Waals surface area contributed by atoms with E-state index < -0.39 is 0 Å². The molecule has 0 heterocycles. The first-order valence-electron chi connectivity index (χ1n) is 4.84. The minimum atomic E-state index is -0.380. The van der Waals surface area contributed by atoms with Crippen LogP contribution in [0.4, 0.5) is 4.79 Å². The molecule has 0 fully saturated rings.